The Morgan fingerprint density at radius 2 is 2.20 bits per heavy atom. The van der Waals surface area contributed by atoms with Gasteiger partial charge in [0.05, 0.1) is 16.4 Å². The molecule has 1 aromatic carbocycles. The van der Waals surface area contributed by atoms with Gasteiger partial charge in [-0.25, -0.2) is 4.98 Å². The van der Waals surface area contributed by atoms with E-state index >= 15 is 0 Å². The van der Waals surface area contributed by atoms with Crippen molar-refractivity contribution in [3.05, 3.63) is 28.5 Å². The van der Waals surface area contributed by atoms with E-state index in [4.69, 9.17) is 16.6 Å². The van der Waals surface area contributed by atoms with Gasteiger partial charge in [-0.1, -0.05) is 29.3 Å². The smallest absolute Gasteiger partial charge is 0.127 e. The zero-order chi connectivity index (χ0) is 14.3. The van der Waals surface area contributed by atoms with Crippen molar-refractivity contribution in [1.29, 1.82) is 0 Å². The second-order valence-corrected chi connectivity index (χ2v) is 7.58. The summed E-state index contributed by atoms with van der Waals surface area (Å²) in [5.41, 5.74) is 2.69. The van der Waals surface area contributed by atoms with Crippen molar-refractivity contribution in [2.45, 2.75) is 51.5 Å². The molecule has 0 aliphatic heterocycles. The van der Waals surface area contributed by atoms with Crippen molar-refractivity contribution in [1.82, 2.24) is 9.55 Å². The van der Waals surface area contributed by atoms with Crippen LogP contribution in [-0.4, -0.2) is 9.55 Å². The second-order valence-electron chi connectivity index (χ2n) is 6.01. The van der Waals surface area contributed by atoms with E-state index in [0.717, 1.165) is 22.4 Å². The second kappa shape index (κ2) is 5.34. The Bertz CT molecular complexity index is 623. The lowest BCUT2D eigenvalue weighted by Gasteiger charge is -2.42. The van der Waals surface area contributed by atoms with Gasteiger partial charge in [0.25, 0.3) is 0 Å². The van der Waals surface area contributed by atoms with Crippen LogP contribution in [0.5, 0.6) is 0 Å². The van der Waals surface area contributed by atoms with Gasteiger partial charge in [-0.3, -0.25) is 0 Å². The highest BCUT2D eigenvalue weighted by atomic mass is 79.9. The molecule has 4 heteroatoms. The highest BCUT2D eigenvalue weighted by molar-refractivity contribution is 9.10. The zero-order valence-corrected chi connectivity index (χ0v) is 14.3. The number of benzene rings is 1. The minimum atomic E-state index is -0.0600. The van der Waals surface area contributed by atoms with Gasteiger partial charge >= 0.3 is 0 Å². The summed E-state index contributed by atoms with van der Waals surface area (Å²) in [5, 5.41) is -0.0600. The summed E-state index contributed by atoms with van der Waals surface area (Å²) in [4.78, 5) is 4.74. The average molecular weight is 356 g/mol. The molecule has 3 rings (SSSR count). The molecule has 20 heavy (non-hydrogen) atoms. The molecule has 1 saturated carbocycles. The number of hydrogen-bond acceptors (Lipinski definition) is 1. The molecule has 0 bridgehead atoms. The van der Waals surface area contributed by atoms with Crippen molar-refractivity contribution < 1.29 is 0 Å². The molecule has 1 aliphatic rings. The third-order valence-electron chi connectivity index (χ3n) is 4.75. The molecule has 1 aromatic heterocycles. The molecule has 1 unspecified atom stereocenters. The fourth-order valence-corrected chi connectivity index (χ4v) is 3.74. The van der Waals surface area contributed by atoms with Crippen LogP contribution >= 0.6 is 27.5 Å². The minimum Gasteiger partial charge on any atom is -0.326 e. The summed E-state index contributed by atoms with van der Waals surface area (Å²) >= 11 is 9.92. The van der Waals surface area contributed by atoms with E-state index < -0.39 is 0 Å². The lowest BCUT2D eigenvalue weighted by atomic mass is 9.67. The summed E-state index contributed by atoms with van der Waals surface area (Å²) in [5.74, 6) is 1.000. The van der Waals surface area contributed by atoms with Gasteiger partial charge in [0.1, 0.15) is 5.82 Å². The molecule has 0 saturated heterocycles. The fourth-order valence-electron chi connectivity index (χ4n) is 3.22. The molecule has 0 amide bonds. The first-order valence-electron chi connectivity index (χ1n) is 7.34. The van der Waals surface area contributed by atoms with E-state index in [9.17, 15) is 0 Å². The monoisotopic (exact) mass is 354 g/mol. The summed E-state index contributed by atoms with van der Waals surface area (Å²) in [6.45, 7) is 5.36. The Morgan fingerprint density at radius 3 is 2.75 bits per heavy atom. The Labute approximate surface area is 133 Å². The summed E-state index contributed by atoms with van der Waals surface area (Å²) in [7, 11) is 0. The van der Waals surface area contributed by atoms with Crippen LogP contribution in [0.15, 0.2) is 22.7 Å². The minimum absolute atomic E-state index is 0.0600. The molecule has 108 valence electrons. The Morgan fingerprint density at radius 1 is 1.45 bits per heavy atom. The quantitative estimate of drug-likeness (QED) is 0.645. The maximum Gasteiger partial charge on any atom is 0.127 e. The van der Waals surface area contributed by atoms with Crippen molar-refractivity contribution >= 4 is 38.6 Å². The number of nitrogens with zero attached hydrogens (tertiary/aromatic N) is 2. The number of imidazole rings is 1. The van der Waals surface area contributed by atoms with Crippen molar-refractivity contribution in [3.63, 3.8) is 0 Å². The molecule has 1 fully saturated rings. The molecule has 2 nitrogen and oxygen atoms in total. The average Bonchev–Trinajstić information content (AvgIpc) is 2.72. The molecule has 1 heterocycles. The Hall–Kier alpha value is -0.540. The molecule has 0 radical (unpaired) electrons. The van der Waals surface area contributed by atoms with Crippen LogP contribution in [0.4, 0.5) is 0 Å². The first-order valence-corrected chi connectivity index (χ1v) is 8.57. The maximum absolute atomic E-state index is 6.36. The maximum atomic E-state index is 6.36. The van der Waals surface area contributed by atoms with Gasteiger partial charge < -0.3 is 4.57 Å². The zero-order valence-electron chi connectivity index (χ0n) is 12.0. The number of aromatic nitrogens is 2. The Kier molecular flexibility index (Phi) is 3.85. The van der Waals surface area contributed by atoms with Gasteiger partial charge in [-0.2, -0.15) is 0 Å². The van der Waals surface area contributed by atoms with Crippen LogP contribution in [0, 0.1) is 5.41 Å². The highest BCUT2D eigenvalue weighted by Gasteiger charge is 2.36. The van der Waals surface area contributed by atoms with Crippen LogP contribution in [0.25, 0.3) is 11.0 Å². The van der Waals surface area contributed by atoms with E-state index in [2.05, 4.69) is 39.6 Å². The van der Waals surface area contributed by atoms with E-state index in [0.29, 0.717) is 5.41 Å². The van der Waals surface area contributed by atoms with E-state index in [-0.39, 0.29) is 5.38 Å². The van der Waals surface area contributed by atoms with Gasteiger partial charge in [0.15, 0.2) is 0 Å². The van der Waals surface area contributed by atoms with Gasteiger partial charge in [0, 0.05) is 11.0 Å². The van der Waals surface area contributed by atoms with Crippen LogP contribution in [0.3, 0.4) is 0 Å². The fraction of sp³-hybridized carbons (Fsp3) is 0.562. The molecule has 0 spiro atoms. The van der Waals surface area contributed by atoms with Gasteiger partial charge in [0.2, 0.25) is 0 Å². The molecule has 1 aliphatic carbocycles. The van der Waals surface area contributed by atoms with E-state index in [1.807, 2.05) is 13.0 Å². The molecular weight excluding hydrogens is 336 g/mol. The first-order chi connectivity index (χ1) is 9.54. The number of halogens is 2. The predicted octanol–water partition coefficient (Wildman–Crippen LogP) is 5.68. The topological polar surface area (TPSA) is 17.8 Å². The summed E-state index contributed by atoms with van der Waals surface area (Å²) < 4.78 is 3.44. The first kappa shape index (κ1) is 14.4. The standard InChI is InChI=1S/C16H20BrClN2/c1-3-16(7-4-8-16)10-20-14-9-12(17)5-6-13(14)19-15(20)11(2)18/h5-6,9,11H,3-4,7-8,10H2,1-2H3. The molecule has 2 aromatic rings. The van der Waals surface area contributed by atoms with E-state index in [1.165, 1.54) is 31.2 Å². The van der Waals surface area contributed by atoms with Crippen LogP contribution in [-0.2, 0) is 6.54 Å². The van der Waals surface area contributed by atoms with Gasteiger partial charge in [-0.15, -0.1) is 11.6 Å². The third-order valence-corrected chi connectivity index (χ3v) is 5.44. The van der Waals surface area contributed by atoms with Crippen molar-refractivity contribution in [3.8, 4) is 0 Å². The van der Waals surface area contributed by atoms with Crippen LogP contribution in [0.2, 0.25) is 0 Å². The summed E-state index contributed by atoms with van der Waals surface area (Å²) in [6.07, 6.45) is 5.24. The summed E-state index contributed by atoms with van der Waals surface area (Å²) in [6, 6.07) is 6.27. The number of rotatable bonds is 4. The van der Waals surface area contributed by atoms with Gasteiger partial charge in [-0.05, 0) is 49.8 Å². The number of hydrogen-bond donors (Lipinski definition) is 0. The van der Waals surface area contributed by atoms with E-state index in [1.54, 1.807) is 0 Å². The largest absolute Gasteiger partial charge is 0.326 e. The lowest BCUT2D eigenvalue weighted by Crippen LogP contribution is -2.34. The van der Waals surface area contributed by atoms with Crippen LogP contribution < -0.4 is 0 Å². The van der Waals surface area contributed by atoms with Crippen LogP contribution in [0.1, 0.15) is 50.7 Å². The SMILES string of the molecule is CCC1(Cn2c(C(C)Cl)nc3ccc(Br)cc32)CCC1. The lowest BCUT2D eigenvalue weighted by molar-refractivity contribution is 0.101. The molecule has 0 N–H and O–H groups in total. The highest BCUT2D eigenvalue weighted by Crippen LogP contribution is 2.46. The van der Waals surface area contributed by atoms with Crippen molar-refractivity contribution in [2.24, 2.45) is 5.41 Å². The Balaban J connectivity index is 2.10. The number of fused-ring (bicyclic) bond motifs is 1. The molecule has 1 atom stereocenters. The van der Waals surface area contributed by atoms with Crippen molar-refractivity contribution in [2.75, 3.05) is 0 Å². The predicted molar refractivity (Wildman–Crippen MR) is 88.3 cm³/mol. The third kappa shape index (κ3) is 2.39. The molecular formula is C16H20BrClN2. The normalized spacial score (nSPS) is 19.0. The number of alkyl halides is 1.